The van der Waals surface area contributed by atoms with Crippen molar-refractivity contribution in [2.45, 2.75) is 6.92 Å². The molecule has 6 rings (SSSR count). The van der Waals surface area contributed by atoms with Crippen LogP contribution in [-0.2, 0) is 0 Å². The number of para-hydroxylation sites is 1. The fourth-order valence-electron chi connectivity index (χ4n) is 4.84. The van der Waals surface area contributed by atoms with Gasteiger partial charge < -0.3 is 9.47 Å². The van der Waals surface area contributed by atoms with E-state index >= 15 is 0 Å². The molecule has 0 saturated heterocycles. The summed E-state index contributed by atoms with van der Waals surface area (Å²) < 4.78 is 6.79. The van der Waals surface area contributed by atoms with Crippen LogP contribution in [0.15, 0.2) is 127 Å². The molecule has 0 saturated carbocycles. The van der Waals surface area contributed by atoms with Gasteiger partial charge in [-0.05, 0) is 59.0 Å². The highest BCUT2D eigenvalue weighted by Crippen LogP contribution is 2.42. The summed E-state index contributed by atoms with van der Waals surface area (Å²) in [6.45, 7) is 2.11. The molecular formula is C31H24BNO. The first-order chi connectivity index (χ1) is 16.8. The van der Waals surface area contributed by atoms with Crippen LogP contribution in [0.1, 0.15) is 5.56 Å². The quantitative estimate of drug-likeness (QED) is 0.275. The van der Waals surface area contributed by atoms with Gasteiger partial charge in [0.05, 0.1) is 5.69 Å². The summed E-state index contributed by atoms with van der Waals surface area (Å²) in [4.78, 5) is 2.32. The van der Waals surface area contributed by atoms with Crippen LogP contribution in [0.25, 0.3) is 22.3 Å². The molecule has 0 atom stereocenters. The second-order valence-corrected chi connectivity index (χ2v) is 8.65. The summed E-state index contributed by atoms with van der Waals surface area (Å²) in [6, 6.07) is 44.7. The largest absolute Gasteiger partial charge is 0.536 e. The number of hydrogen-bond donors (Lipinski definition) is 0. The van der Waals surface area contributed by atoms with Crippen molar-refractivity contribution in [2.75, 3.05) is 4.81 Å². The van der Waals surface area contributed by atoms with E-state index in [9.17, 15) is 0 Å². The van der Waals surface area contributed by atoms with Gasteiger partial charge in [-0.15, -0.1) is 0 Å². The summed E-state index contributed by atoms with van der Waals surface area (Å²) >= 11 is 0. The molecule has 1 aliphatic heterocycles. The highest BCUT2D eigenvalue weighted by molar-refractivity contribution is 6.77. The predicted octanol–water partition coefficient (Wildman–Crippen LogP) is 7.25. The van der Waals surface area contributed by atoms with E-state index in [1.165, 1.54) is 27.8 Å². The molecule has 0 spiro atoms. The SMILES string of the molecule is Cc1ccc2c(c1)OB(c1c(-c3ccccc3)cccc1-c1ccccc1)N2c1ccccc1. The van der Waals surface area contributed by atoms with E-state index in [1.54, 1.807) is 0 Å². The Bertz CT molecular complexity index is 1380. The Balaban J connectivity index is 1.62. The van der Waals surface area contributed by atoms with Crippen molar-refractivity contribution >= 4 is 23.9 Å². The highest BCUT2D eigenvalue weighted by atomic mass is 16.5. The third-order valence-electron chi connectivity index (χ3n) is 6.40. The van der Waals surface area contributed by atoms with Crippen molar-refractivity contribution in [1.29, 1.82) is 0 Å². The molecule has 1 heterocycles. The molecule has 5 aromatic carbocycles. The van der Waals surface area contributed by atoms with Crippen LogP contribution in [0.3, 0.4) is 0 Å². The molecule has 162 valence electrons. The molecule has 1 aliphatic rings. The first-order valence-electron chi connectivity index (χ1n) is 11.6. The van der Waals surface area contributed by atoms with E-state index in [-0.39, 0.29) is 7.05 Å². The maximum atomic E-state index is 6.79. The summed E-state index contributed by atoms with van der Waals surface area (Å²) in [5.74, 6) is 0.913. The van der Waals surface area contributed by atoms with Crippen molar-refractivity contribution in [3.8, 4) is 28.0 Å². The lowest BCUT2D eigenvalue weighted by Crippen LogP contribution is -2.48. The molecule has 2 nitrogen and oxygen atoms in total. The number of anilines is 2. The van der Waals surface area contributed by atoms with Gasteiger partial charge in [0.1, 0.15) is 5.75 Å². The van der Waals surface area contributed by atoms with Gasteiger partial charge in [-0.1, -0.05) is 103 Å². The van der Waals surface area contributed by atoms with Crippen LogP contribution in [0.2, 0.25) is 0 Å². The number of hydrogen-bond acceptors (Lipinski definition) is 2. The maximum absolute atomic E-state index is 6.79. The normalized spacial score (nSPS) is 12.4. The lowest BCUT2D eigenvalue weighted by Gasteiger charge is -2.26. The monoisotopic (exact) mass is 437 g/mol. The van der Waals surface area contributed by atoms with Crippen LogP contribution >= 0.6 is 0 Å². The van der Waals surface area contributed by atoms with Crippen molar-refractivity contribution in [3.63, 3.8) is 0 Å². The van der Waals surface area contributed by atoms with E-state index < -0.39 is 0 Å². The van der Waals surface area contributed by atoms with Gasteiger partial charge in [0.15, 0.2) is 0 Å². The summed E-state index contributed by atoms with van der Waals surface area (Å²) in [7, 11) is -0.300. The zero-order valence-electron chi connectivity index (χ0n) is 19.1. The average molecular weight is 437 g/mol. The summed E-state index contributed by atoms with van der Waals surface area (Å²) in [5.41, 5.74) is 9.26. The Kier molecular flexibility index (Phi) is 5.16. The van der Waals surface area contributed by atoms with E-state index in [0.29, 0.717) is 0 Å². The zero-order chi connectivity index (χ0) is 22.9. The number of rotatable bonds is 4. The molecule has 3 heteroatoms. The molecule has 0 aromatic heterocycles. The predicted molar refractivity (Wildman–Crippen MR) is 143 cm³/mol. The van der Waals surface area contributed by atoms with Gasteiger partial charge in [-0.2, -0.15) is 0 Å². The second kappa shape index (κ2) is 8.60. The smallest absolute Gasteiger partial charge is 0.525 e. The number of fused-ring (bicyclic) bond motifs is 1. The van der Waals surface area contributed by atoms with E-state index in [4.69, 9.17) is 4.65 Å². The fourth-order valence-corrected chi connectivity index (χ4v) is 4.84. The van der Waals surface area contributed by atoms with Gasteiger partial charge in [-0.25, -0.2) is 0 Å². The fraction of sp³-hybridized carbons (Fsp3) is 0.0323. The lowest BCUT2D eigenvalue weighted by molar-refractivity contribution is 0.603. The van der Waals surface area contributed by atoms with Crippen molar-refractivity contribution in [1.82, 2.24) is 0 Å². The number of aryl methyl sites for hydroxylation is 1. The van der Waals surface area contributed by atoms with Crippen LogP contribution in [-0.4, -0.2) is 7.05 Å². The molecule has 34 heavy (non-hydrogen) atoms. The third kappa shape index (κ3) is 3.56. The van der Waals surface area contributed by atoms with Gasteiger partial charge >= 0.3 is 7.05 Å². The van der Waals surface area contributed by atoms with Gasteiger partial charge in [0.2, 0.25) is 0 Å². The molecule has 0 aliphatic carbocycles. The first-order valence-corrected chi connectivity index (χ1v) is 11.6. The van der Waals surface area contributed by atoms with Crippen molar-refractivity contribution in [2.24, 2.45) is 0 Å². The van der Waals surface area contributed by atoms with Crippen LogP contribution in [0, 0.1) is 6.92 Å². The lowest BCUT2D eigenvalue weighted by atomic mass is 9.65. The van der Waals surface area contributed by atoms with Gasteiger partial charge in [0.25, 0.3) is 0 Å². The molecule has 0 bridgehead atoms. The van der Waals surface area contributed by atoms with Crippen molar-refractivity contribution in [3.05, 3.63) is 133 Å². The Morgan fingerprint density at radius 2 is 1.15 bits per heavy atom. The molecule has 0 unspecified atom stereocenters. The van der Waals surface area contributed by atoms with Crippen LogP contribution < -0.4 is 14.9 Å². The van der Waals surface area contributed by atoms with E-state index in [1.807, 2.05) is 0 Å². The van der Waals surface area contributed by atoms with Crippen LogP contribution in [0.4, 0.5) is 11.4 Å². The minimum absolute atomic E-state index is 0.300. The van der Waals surface area contributed by atoms with E-state index in [0.717, 1.165) is 22.6 Å². The van der Waals surface area contributed by atoms with Gasteiger partial charge in [-0.3, -0.25) is 0 Å². The topological polar surface area (TPSA) is 12.5 Å². The molecular weight excluding hydrogens is 413 g/mol. The number of nitrogens with zero attached hydrogens (tertiary/aromatic N) is 1. The molecule has 0 radical (unpaired) electrons. The minimum Gasteiger partial charge on any atom is -0.536 e. The number of benzene rings is 5. The van der Waals surface area contributed by atoms with Crippen molar-refractivity contribution < 1.29 is 4.65 Å². The molecule has 0 amide bonds. The molecule has 5 aromatic rings. The summed E-state index contributed by atoms with van der Waals surface area (Å²) in [6.07, 6.45) is 0. The highest BCUT2D eigenvalue weighted by Gasteiger charge is 2.42. The first kappa shape index (κ1) is 20.4. The van der Waals surface area contributed by atoms with Gasteiger partial charge in [0, 0.05) is 11.2 Å². The zero-order valence-corrected chi connectivity index (χ0v) is 19.1. The van der Waals surface area contributed by atoms with E-state index in [2.05, 4.69) is 139 Å². The maximum Gasteiger partial charge on any atom is 0.525 e. The Morgan fingerprint density at radius 1 is 0.588 bits per heavy atom. The second-order valence-electron chi connectivity index (χ2n) is 8.65. The standard InChI is InChI=1S/C31H24BNO/c1-23-20-21-29-30(22-23)34-32(33(29)26-16-9-4-10-17-26)31-27(24-12-5-2-6-13-24)18-11-19-28(31)25-14-7-3-8-15-25/h2-22H,1H3. The third-order valence-corrected chi connectivity index (χ3v) is 6.40. The molecule has 0 fully saturated rings. The Hall–Kier alpha value is -4.24. The summed E-state index contributed by atoms with van der Waals surface area (Å²) in [5, 5.41) is 0. The Morgan fingerprint density at radius 3 is 1.74 bits per heavy atom. The minimum atomic E-state index is -0.300. The average Bonchev–Trinajstić information content (AvgIpc) is 3.28. The molecule has 0 N–H and O–H groups in total. The van der Waals surface area contributed by atoms with Crippen LogP contribution in [0.5, 0.6) is 5.75 Å². The Labute approximate surface area is 201 Å².